The van der Waals surface area contributed by atoms with Gasteiger partial charge >= 0.3 is 5.97 Å². The summed E-state index contributed by atoms with van der Waals surface area (Å²) in [4.78, 5) is 22.8. The van der Waals surface area contributed by atoms with Gasteiger partial charge in [0.25, 0.3) is 5.91 Å². The van der Waals surface area contributed by atoms with Crippen molar-refractivity contribution in [2.24, 2.45) is 0 Å². The van der Waals surface area contributed by atoms with Crippen molar-refractivity contribution in [2.45, 2.75) is 6.10 Å². The molecule has 2 N–H and O–H groups in total. The molecule has 9 heteroatoms. The first-order valence-corrected chi connectivity index (χ1v) is 5.99. The third-order valence-electron chi connectivity index (χ3n) is 2.67. The molecule has 0 spiro atoms. The van der Waals surface area contributed by atoms with Crippen LogP contribution in [0.2, 0.25) is 0 Å². The fourth-order valence-electron chi connectivity index (χ4n) is 1.56. The lowest BCUT2D eigenvalue weighted by atomic mass is 10.2. The van der Waals surface area contributed by atoms with Crippen LogP contribution in [-0.2, 0) is 9.53 Å². The third kappa shape index (κ3) is 3.60. The molecule has 0 radical (unpaired) electrons. The third-order valence-corrected chi connectivity index (χ3v) is 2.67. The Morgan fingerprint density at radius 2 is 2.10 bits per heavy atom. The average Bonchev–Trinajstić information content (AvgIpc) is 3.06. The van der Waals surface area contributed by atoms with Crippen molar-refractivity contribution in [2.75, 3.05) is 13.7 Å². The van der Waals surface area contributed by atoms with Gasteiger partial charge in [0.1, 0.15) is 6.33 Å². The number of methoxy groups -OCH3 is 1. The highest BCUT2D eigenvalue weighted by Gasteiger charge is 2.16. The van der Waals surface area contributed by atoms with Gasteiger partial charge in [-0.1, -0.05) is 0 Å². The summed E-state index contributed by atoms with van der Waals surface area (Å²) in [5.74, 6) is -1.22. The summed E-state index contributed by atoms with van der Waals surface area (Å²) >= 11 is 0. The molecule has 1 unspecified atom stereocenters. The number of aliphatic hydroxyl groups excluding tert-OH is 1. The number of carbonyl (C=O) groups excluding carboxylic acids is 2. The summed E-state index contributed by atoms with van der Waals surface area (Å²) in [7, 11) is 1.16. The molecular weight excluding hydrogens is 278 g/mol. The number of ether oxygens (including phenoxy) is 1. The monoisotopic (exact) mass is 291 g/mol. The van der Waals surface area contributed by atoms with Crippen molar-refractivity contribution in [1.29, 1.82) is 0 Å². The molecule has 0 aliphatic carbocycles. The number of aromatic nitrogens is 4. The van der Waals surface area contributed by atoms with Crippen LogP contribution in [0.25, 0.3) is 5.69 Å². The van der Waals surface area contributed by atoms with E-state index in [0.717, 1.165) is 7.11 Å². The molecule has 0 saturated carbocycles. The second-order valence-corrected chi connectivity index (χ2v) is 4.05. The highest BCUT2D eigenvalue weighted by atomic mass is 16.5. The van der Waals surface area contributed by atoms with Crippen LogP contribution in [0.15, 0.2) is 30.6 Å². The molecule has 0 aliphatic heterocycles. The molecule has 2 aromatic rings. The molecule has 0 saturated heterocycles. The van der Waals surface area contributed by atoms with E-state index in [1.54, 1.807) is 24.3 Å². The van der Waals surface area contributed by atoms with Crippen molar-refractivity contribution in [1.82, 2.24) is 25.5 Å². The number of aliphatic hydroxyl groups is 1. The van der Waals surface area contributed by atoms with E-state index in [1.807, 2.05) is 0 Å². The van der Waals surface area contributed by atoms with Crippen molar-refractivity contribution >= 4 is 11.9 Å². The Labute approximate surface area is 119 Å². The molecule has 1 amide bonds. The number of esters is 1. The Morgan fingerprint density at radius 3 is 2.67 bits per heavy atom. The van der Waals surface area contributed by atoms with Crippen molar-refractivity contribution < 1.29 is 19.4 Å². The van der Waals surface area contributed by atoms with Crippen LogP contribution in [0.5, 0.6) is 0 Å². The molecule has 1 aromatic heterocycles. The Kier molecular flexibility index (Phi) is 4.57. The number of hydrogen-bond acceptors (Lipinski definition) is 7. The van der Waals surface area contributed by atoms with Crippen LogP contribution in [0.4, 0.5) is 0 Å². The van der Waals surface area contributed by atoms with E-state index >= 15 is 0 Å². The Morgan fingerprint density at radius 1 is 1.38 bits per heavy atom. The summed E-state index contributed by atoms with van der Waals surface area (Å²) < 4.78 is 5.79. The fourth-order valence-corrected chi connectivity index (χ4v) is 1.56. The number of tetrazole rings is 1. The van der Waals surface area contributed by atoms with Crippen LogP contribution in [0, 0.1) is 0 Å². The van der Waals surface area contributed by atoms with E-state index in [4.69, 9.17) is 0 Å². The maximum Gasteiger partial charge on any atom is 0.336 e. The minimum Gasteiger partial charge on any atom is -0.467 e. The van der Waals surface area contributed by atoms with Gasteiger partial charge in [0.2, 0.25) is 0 Å². The first-order chi connectivity index (χ1) is 10.1. The molecular formula is C12H13N5O4. The normalized spacial score (nSPS) is 11.7. The predicted octanol–water partition coefficient (Wildman–Crippen LogP) is -1.07. The highest BCUT2D eigenvalue weighted by Crippen LogP contribution is 2.07. The van der Waals surface area contributed by atoms with Crippen LogP contribution in [0.3, 0.4) is 0 Å². The van der Waals surface area contributed by atoms with E-state index < -0.39 is 18.0 Å². The van der Waals surface area contributed by atoms with E-state index in [9.17, 15) is 14.7 Å². The summed E-state index contributed by atoms with van der Waals surface area (Å²) in [5.41, 5.74) is 1.08. The molecule has 0 fully saturated rings. The van der Waals surface area contributed by atoms with E-state index in [1.165, 1.54) is 11.0 Å². The minimum absolute atomic E-state index is 0.222. The van der Waals surface area contributed by atoms with Crippen LogP contribution < -0.4 is 5.32 Å². The molecule has 0 aliphatic rings. The minimum atomic E-state index is -1.39. The van der Waals surface area contributed by atoms with Crippen LogP contribution in [-0.4, -0.2) is 56.9 Å². The fraction of sp³-hybridized carbons (Fsp3) is 0.250. The molecule has 2 rings (SSSR count). The number of carbonyl (C=O) groups is 2. The summed E-state index contributed by atoms with van der Waals surface area (Å²) in [5, 5.41) is 22.5. The van der Waals surface area contributed by atoms with Gasteiger partial charge in [-0.15, -0.1) is 5.10 Å². The molecule has 1 atom stereocenters. The number of rotatable bonds is 5. The van der Waals surface area contributed by atoms with Gasteiger partial charge in [0.15, 0.2) is 6.10 Å². The van der Waals surface area contributed by atoms with Gasteiger partial charge in [-0.3, -0.25) is 4.79 Å². The summed E-state index contributed by atoms with van der Waals surface area (Å²) in [6.45, 7) is -0.222. The first-order valence-electron chi connectivity index (χ1n) is 5.99. The van der Waals surface area contributed by atoms with E-state index in [2.05, 4.69) is 25.6 Å². The zero-order valence-electron chi connectivity index (χ0n) is 11.1. The second-order valence-electron chi connectivity index (χ2n) is 4.05. The van der Waals surface area contributed by atoms with Crippen molar-refractivity contribution in [3.8, 4) is 5.69 Å². The van der Waals surface area contributed by atoms with E-state index in [-0.39, 0.29) is 6.54 Å². The Hall–Kier alpha value is -2.81. The number of benzene rings is 1. The topological polar surface area (TPSA) is 119 Å². The van der Waals surface area contributed by atoms with Crippen LogP contribution in [0.1, 0.15) is 10.4 Å². The highest BCUT2D eigenvalue weighted by molar-refractivity contribution is 5.94. The zero-order chi connectivity index (χ0) is 15.2. The molecule has 9 nitrogen and oxygen atoms in total. The van der Waals surface area contributed by atoms with Gasteiger partial charge in [0.05, 0.1) is 19.3 Å². The Bertz CT molecular complexity index is 611. The van der Waals surface area contributed by atoms with Gasteiger partial charge < -0.3 is 15.2 Å². The molecule has 1 heterocycles. The van der Waals surface area contributed by atoms with Crippen molar-refractivity contribution in [3.05, 3.63) is 36.2 Å². The SMILES string of the molecule is COC(=O)C(O)CNC(=O)c1ccc(-n2cnnn2)cc1. The van der Waals surface area contributed by atoms with Crippen molar-refractivity contribution in [3.63, 3.8) is 0 Å². The van der Waals surface area contributed by atoms with Crippen LogP contribution >= 0.6 is 0 Å². The largest absolute Gasteiger partial charge is 0.467 e. The maximum absolute atomic E-state index is 11.8. The van der Waals surface area contributed by atoms with Gasteiger partial charge in [-0.2, -0.15) is 0 Å². The van der Waals surface area contributed by atoms with Gasteiger partial charge in [-0.25, -0.2) is 9.48 Å². The lowest BCUT2D eigenvalue weighted by Gasteiger charge is -2.10. The zero-order valence-corrected chi connectivity index (χ0v) is 11.1. The number of amides is 1. The average molecular weight is 291 g/mol. The standard InChI is InChI=1S/C12H13N5O4/c1-21-12(20)10(18)6-13-11(19)8-2-4-9(5-3-8)17-7-14-15-16-17/h2-5,7,10,18H,6H2,1H3,(H,13,19). The molecule has 110 valence electrons. The lowest BCUT2D eigenvalue weighted by molar-refractivity contribution is -0.149. The lowest BCUT2D eigenvalue weighted by Crippen LogP contribution is -2.37. The number of hydrogen-bond donors (Lipinski definition) is 2. The second kappa shape index (κ2) is 6.57. The predicted molar refractivity (Wildman–Crippen MR) is 69.5 cm³/mol. The Balaban J connectivity index is 1.96. The van der Waals surface area contributed by atoms with Gasteiger partial charge in [-0.05, 0) is 34.7 Å². The first kappa shape index (κ1) is 14.6. The summed E-state index contributed by atoms with van der Waals surface area (Å²) in [6.07, 6.45) is 0.0429. The molecule has 0 bridgehead atoms. The van der Waals surface area contributed by atoms with E-state index in [0.29, 0.717) is 11.3 Å². The molecule has 21 heavy (non-hydrogen) atoms. The maximum atomic E-state index is 11.8. The summed E-state index contributed by atoms with van der Waals surface area (Å²) in [6, 6.07) is 6.50. The number of nitrogens with zero attached hydrogens (tertiary/aromatic N) is 4. The quantitative estimate of drug-likeness (QED) is 0.673. The number of nitrogens with one attached hydrogen (secondary N) is 1. The van der Waals surface area contributed by atoms with Gasteiger partial charge in [0, 0.05) is 5.56 Å². The molecule has 1 aromatic carbocycles. The smallest absolute Gasteiger partial charge is 0.336 e.